The molecule has 0 unspecified atom stereocenters. The number of hydrogen-bond acceptors (Lipinski definition) is 4. The minimum Gasteiger partial charge on any atom is -0.375 e. The van der Waals surface area contributed by atoms with Gasteiger partial charge in [-0.1, -0.05) is 30.3 Å². The van der Waals surface area contributed by atoms with Crippen LogP contribution in [0.3, 0.4) is 0 Å². The third-order valence-corrected chi connectivity index (χ3v) is 5.11. The second kappa shape index (κ2) is 8.41. The first-order valence-electron chi connectivity index (χ1n) is 9.71. The summed E-state index contributed by atoms with van der Waals surface area (Å²) >= 11 is 0. The van der Waals surface area contributed by atoms with Crippen LogP contribution in [-0.2, 0) is 22.4 Å². The molecule has 1 amide bonds. The molecule has 0 atom stereocenters. The molecular weight excluding hydrogens is 366 g/mol. The number of nitrogens with one attached hydrogen (secondary N) is 2. The number of nitrogens with zero attached hydrogens (tertiary/aromatic N) is 1. The number of amides is 1. The maximum Gasteiger partial charge on any atom is 0.251 e. The summed E-state index contributed by atoms with van der Waals surface area (Å²) < 4.78 is 4.86. The van der Waals surface area contributed by atoms with Gasteiger partial charge in [-0.15, -0.1) is 0 Å². The summed E-state index contributed by atoms with van der Waals surface area (Å²) in [5, 5.41) is 2.74. The molecule has 1 aromatic carbocycles. The van der Waals surface area contributed by atoms with Crippen LogP contribution in [0.5, 0.6) is 0 Å². The summed E-state index contributed by atoms with van der Waals surface area (Å²) in [5.41, 5.74) is 5.80. The van der Waals surface area contributed by atoms with E-state index in [1.54, 1.807) is 6.20 Å². The van der Waals surface area contributed by atoms with E-state index in [2.05, 4.69) is 27.4 Å². The van der Waals surface area contributed by atoms with E-state index in [-0.39, 0.29) is 18.3 Å². The molecule has 0 saturated heterocycles. The number of aromatic amines is 1. The standard InChI is InChI=1S/C23H23N3O3/c1-29-14-21(28)26-20-13-16(10-11-24-20)23-17(12-15-6-3-2-4-7-15)22-18(25-23)8-5-9-19(22)27/h2-4,6-7,10-11,13,25H,5,8-9,12,14H2,1H3,(H,24,26,28). The lowest BCUT2D eigenvalue weighted by Crippen LogP contribution is -2.17. The average Bonchev–Trinajstić information content (AvgIpc) is 3.09. The highest BCUT2D eigenvalue weighted by molar-refractivity contribution is 6.01. The molecule has 0 radical (unpaired) electrons. The van der Waals surface area contributed by atoms with Gasteiger partial charge in [0.05, 0.1) is 5.69 Å². The normalized spacial score (nSPS) is 13.2. The molecule has 1 aliphatic carbocycles. The third-order valence-electron chi connectivity index (χ3n) is 5.11. The van der Waals surface area contributed by atoms with Crippen LogP contribution in [0.15, 0.2) is 48.7 Å². The number of ketones is 1. The van der Waals surface area contributed by atoms with Crippen LogP contribution in [0.25, 0.3) is 11.3 Å². The number of benzene rings is 1. The second-order valence-corrected chi connectivity index (χ2v) is 7.18. The first-order valence-corrected chi connectivity index (χ1v) is 9.71. The van der Waals surface area contributed by atoms with Crippen molar-refractivity contribution in [2.45, 2.75) is 25.7 Å². The summed E-state index contributed by atoms with van der Waals surface area (Å²) in [7, 11) is 1.47. The third kappa shape index (κ3) is 4.12. The largest absolute Gasteiger partial charge is 0.375 e. The zero-order valence-corrected chi connectivity index (χ0v) is 16.3. The Labute approximate surface area is 169 Å². The molecule has 0 aliphatic heterocycles. The van der Waals surface area contributed by atoms with Crippen LogP contribution in [0.4, 0.5) is 5.82 Å². The Hall–Kier alpha value is -3.25. The quantitative estimate of drug-likeness (QED) is 0.672. The molecule has 4 rings (SSSR count). The van der Waals surface area contributed by atoms with E-state index in [0.29, 0.717) is 18.7 Å². The van der Waals surface area contributed by atoms with Gasteiger partial charge in [-0.25, -0.2) is 4.98 Å². The van der Waals surface area contributed by atoms with E-state index in [0.717, 1.165) is 46.5 Å². The Kier molecular flexibility index (Phi) is 5.53. The summed E-state index contributed by atoms with van der Waals surface area (Å²) in [4.78, 5) is 32.3. The number of aromatic nitrogens is 2. The van der Waals surface area contributed by atoms with Crippen molar-refractivity contribution < 1.29 is 14.3 Å². The Bertz CT molecular complexity index is 1040. The van der Waals surface area contributed by atoms with Crippen molar-refractivity contribution in [3.8, 4) is 11.3 Å². The van der Waals surface area contributed by atoms with E-state index in [4.69, 9.17) is 4.74 Å². The summed E-state index contributed by atoms with van der Waals surface area (Å²) in [6, 6.07) is 13.8. The molecule has 0 fully saturated rings. The van der Waals surface area contributed by atoms with Crippen molar-refractivity contribution >= 4 is 17.5 Å². The fraction of sp³-hybridized carbons (Fsp3) is 0.261. The van der Waals surface area contributed by atoms with Gasteiger partial charge in [0, 0.05) is 43.0 Å². The first kappa shape index (κ1) is 19.1. The maximum absolute atomic E-state index is 12.7. The molecule has 0 saturated carbocycles. The van der Waals surface area contributed by atoms with Crippen LogP contribution in [-0.4, -0.2) is 35.4 Å². The number of methoxy groups -OCH3 is 1. The lowest BCUT2D eigenvalue weighted by molar-refractivity contribution is -0.119. The molecule has 0 bridgehead atoms. The smallest absolute Gasteiger partial charge is 0.251 e. The number of aryl methyl sites for hydroxylation is 1. The molecule has 148 valence electrons. The topological polar surface area (TPSA) is 84.1 Å². The van der Waals surface area contributed by atoms with Gasteiger partial charge in [0.1, 0.15) is 12.4 Å². The Morgan fingerprint density at radius 3 is 2.83 bits per heavy atom. The van der Waals surface area contributed by atoms with Crippen molar-refractivity contribution in [3.63, 3.8) is 0 Å². The molecular formula is C23H23N3O3. The Morgan fingerprint density at radius 1 is 1.21 bits per heavy atom. The fourth-order valence-electron chi connectivity index (χ4n) is 3.86. The van der Waals surface area contributed by atoms with E-state index < -0.39 is 0 Å². The first-order chi connectivity index (χ1) is 14.2. The zero-order chi connectivity index (χ0) is 20.2. The predicted octanol–water partition coefficient (Wildman–Crippen LogP) is 3.77. The predicted molar refractivity (Wildman–Crippen MR) is 111 cm³/mol. The Morgan fingerprint density at radius 2 is 2.03 bits per heavy atom. The monoisotopic (exact) mass is 389 g/mol. The average molecular weight is 389 g/mol. The zero-order valence-electron chi connectivity index (χ0n) is 16.3. The number of anilines is 1. The number of pyridine rings is 1. The molecule has 3 aromatic rings. The second-order valence-electron chi connectivity index (χ2n) is 7.18. The van der Waals surface area contributed by atoms with Crippen LogP contribution in [0.1, 0.15) is 40.0 Å². The highest BCUT2D eigenvalue weighted by Crippen LogP contribution is 2.35. The van der Waals surface area contributed by atoms with Crippen molar-refractivity contribution in [2.24, 2.45) is 0 Å². The lowest BCUT2D eigenvalue weighted by Gasteiger charge is -2.12. The van der Waals surface area contributed by atoms with E-state index in [1.165, 1.54) is 7.11 Å². The van der Waals surface area contributed by atoms with Crippen LogP contribution in [0.2, 0.25) is 0 Å². The van der Waals surface area contributed by atoms with E-state index in [1.807, 2.05) is 30.3 Å². The van der Waals surface area contributed by atoms with Crippen LogP contribution in [0, 0.1) is 0 Å². The molecule has 1 aliphatic rings. The SMILES string of the molecule is COCC(=O)Nc1cc(-c2[nH]c3c(c2Cc2ccccc2)C(=O)CCC3)ccn1. The molecule has 6 heteroatoms. The molecule has 6 nitrogen and oxygen atoms in total. The molecule has 29 heavy (non-hydrogen) atoms. The summed E-state index contributed by atoms with van der Waals surface area (Å²) in [5.74, 6) is 0.388. The van der Waals surface area contributed by atoms with E-state index in [9.17, 15) is 9.59 Å². The van der Waals surface area contributed by atoms with Crippen molar-refractivity contribution in [1.29, 1.82) is 0 Å². The highest BCUT2D eigenvalue weighted by Gasteiger charge is 2.26. The summed E-state index contributed by atoms with van der Waals surface area (Å²) in [6.07, 6.45) is 4.64. The van der Waals surface area contributed by atoms with Gasteiger partial charge in [-0.05, 0) is 36.1 Å². The van der Waals surface area contributed by atoms with Crippen molar-refractivity contribution in [1.82, 2.24) is 9.97 Å². The van der Waals surface area contributed by atoms with E-state index >= 15 is 0 Å². The number of carbonyl (C=O) groups excluding carboxylic acids is 2. The van der Waals surface area contributed by atoms with Gasteiger partial charge >= 0.3 is 0 Å². The number of carbonyl (C=O) groups is 2. The van der Waals surface area contributed by atoms with Gasteiger partial charge in [0.15, 0.2) is 5.78 Å². The van der Waals surface area contributed by atoms with Gasteiger partial charge in [0.25, 0.3) is 5.91 Å². The van der Waals surface area contributed by atoms with Crippen LogP contribution < -0.4 is 5.32 Å². The molecule has 2 aromatic heterocycles. The lowest BCUT2D eigenvalue weighted by atomic mass is 9.90. The molecule has 2 N–H and O–H groups in total. The number of H-pyrrole nitrogens is 1. The van der Waals surface area contributed by atoms with Gasteiger partial charge < -0.3 is 15.0 Å². The number of Topliss-reactive ketones (excluding diaryl/α,β-unsaturated/α-hetero) is 1. The number of hydrogen-bond donors (Lipinski definition) is 2. The number of fused-ring (bicyclic) bond motifs is 1. The van der Waals surface area contributed by atoms with Gasteiger partial charge in [-0.2, -0.15) is 0 Å². The summed E-state index contributed by atoms with van der Waals surface area (Å²) in [6.45, 7) is -0.0313. The fourth-order valence-corrected chi connectivity index (χ4v) is 3.86. The van der Waals surface area contributed by atoms with Crippen molar-refractivity contribution in [3.05, 3.63) is 71.0 Å². The molecule has 0 spiro atoms. The maximum atomic E-state index is 12.7. The Balaban J connectivity index is 1.75. The minimum atomic E-state index is -0.261. The number of rotatable bonds is 6. The minimum absolute atomic E-state index is 0.0313. The molecule has 2 heterocycles. The van der Waals surface area contributed by atoms with Crippen LogP contribution >= 0.6 is 0 Å². The number of ether oxygens (including phenoxy) is 1. The van der Waals surface area contributed by atoms with Crippen molar-refractivity contribution in [2.75, 3.05) is 19.0 Å². The van der Waals surface area contributed by atoms with Gasteiger partial charge in [0.2, 0.25) is 0 Å². The van der Waals surface area contributed by atoms with Gasteiger partial charge in [-0.3, -0.25) is 9.59 Å². The highest BCUT2D eigenvalue weighted by atomic mass is 16.5.